The van der Waals surface area contributed by atoms with E-state index in [2.05, 4.69) is 124 Å². The van der Waals surface area contributed by atoms with Gasteiger partial charge in [0.1, 0.15) is 0 Å². The van der Waals surface area contributed by atoms with Crippen molar-refractivity contribution in [3.8, 4) is 56.2 Å². The Kier molecular flexibility index (Phi) is 6.82. The van der Waals surface area contributed by atoms with E-state index in [0.29, 0.717) is 5.82 Å². The molecule has 0 radical (unpaired) electrons. The van der Waals surface area contributed by atoms with Crippen LogP contribution in [0, 0.1) is 0 Å². The van der Waals surface area contributed by atoms with Crippen LogP contribution in [0.2, 0.25) is 0 Å². The SMILES string of the molecule is Brc1cc(-c2ccc(-c3ccncc3)cc2)cc(-c2cc(-c3cccc4c3sc3ccccc34)nc(-c3ccccc3)n2)c1. The molecule has 3 nitrogen and oxygen atoms in total. The Labute approximate surface area is 267 Å². The van der Waals surface area contributed by atoms with Gasteiger partial charge in [-0.1, -0.05) is 107 Å². The van der Waals surface area contributed by atoms with Crippen LogP contribution in [0.3, 0.4) is 0 Å². The van der Waals surface area contributed by atoms with Gasteiger partial charge in [-0.3, -0.25) is 4.98 Å². The number of fused-ring (bicyclic) bond motifs is 3. The third kappa shape index (κ3) is 5.00. The standard InChI is InChI=1S/C39H24BrN3S/c40-31-22-29(26-15-13-25(14-16-26)27-17-19-41-20-18-27)21-30(23-31)35-24-36(43-39(42-35)28-7-2-1-3-8-28)34-11-6-10-33-32-9-4-5-12-37(32)44-38(33)34/h1-24H. The molecule has 0 N–H and O–H groups in total. The molecule has 0 amide bonds. The quantitative estimate of drug-likeness (QED) is 0.187. The summed E-state index contributed by atoms with van der Waals surface area (Å²) in [5.41, 5.74) is 9.48. The first-order valence-corrected chi connectivity index (χ1v) is 16.0. The highest BCUT2D eigenvalue weighted by Gasteiger charge is 2.16. The lowest BCUT2D eigenvalue weighted by Gasteiger charge is -2.12. The van der Waals surface area contributed by atoms with Crippen LogP contribution in [0.5, 0.6) is 0 Å². The van der Waals surface area contributed by atoms with Crippen molar-refractivity contribution in [1.29, 1.82) is 0 Å². The van der Waals surface area contributed by atoms with Crippen molar-refractivity contribution in [3.63, 3.8) is 0 Å². The van der Waals surface area contributed by atoms with Crippen LogP contribution >= 0.6 is 27.3 Å². The molecule has 3 heterocycles. The summed E-state index contributed by atoms with van der Waals surface area (Å²) in [5.74, 6) is 0.708. The van der Waals surface area contributed by atoms with E-state index < -0.39 is 0 Å². The molecule has 0 atom stereocenters. The maximum absolute atomic E-state index is 5.14. The topological polar surface area (TPSA) is 38.7 Å². The van der Waals surface area contributed by atoms with E-state index >= 15 is 0 Å². The van der Waals surface area contributed by atoms with Crippen molar-refractivity contribution in [2.75, 3.05) is 0 Å². The highest BCUT2D eigenvalue weighted by Crippen LogP contribution is 2.41. The second kappa shape index (κ2) is 11.3. The van der Waals surface area contributed by atoms with Gasteiger partial charge in [0.2, 0.25) is 0 Å². The summed E-state index contributed by atoms with van der Waals surface area (Å²) in [7, 11) is 0. The Morgan fingerprint density at radius 2 is 1.14 bits per heavy atom. The van der Waals surface area contributed by atoms with Crippen molar-refractivity contribution >= 4 is 47.4 Å². The first-order chi connectivity index (χ1) is 21.7. The van der Waals surface area contributed by atoms with E-state index in [-0.39, 0.29) is 0 Å². The summed E-state index contributed by atoms with van der Waals surface area (Å²) in [6.45, 7) is 0. The van der Waals surface area contributed by atoms with E-state index in [4.69, 9.17) is 9.97 Å². The Bertz CT molecular complexity index is 2280. The van der Waals surface area contributed by atoms with E-state index in [1.54, 1.807) is 0 Å². The molecule has 0 saturated heterocycles. The summed E-state index contributed by atoms with van der Waals surface area (Å²) in [5, 5.41) is 2.53. The molecule has 0 aliphatic heterocycles. The highest BCUT2D eigenvalue weighted by molar-refractivity contribution is 9.10. The Hall–Kier alpha value is -4.97. The molecule has 208 valence electrons. The zero-order valence-electron chi connectivity index (χ0n) is 23.5. The summed E-state index contributed by atoms with van der Waals surface area (Å²) >= 11 is 5.61. The van der Waals surface area contributed by atoms with Gasteiger partial charge in [0, 0.05) is 53.7 Å². The fourth-order valence-corrected chi connectivity index (χ4v) is 7.42. The van der Waals surface area contributed by atoms with Gasteiger partial charge < -0.3 is 0 Å². The molecule has 0 spiro atoms. The first-order valence-electron chi connectivity index (χ1n) is 14.4. The number of thiophene rings is 1. The lowest BCUT2D eigenvalue weighted by molar-refractivity contribution is 1.18. The zero-order chi connectivity index (χ0) is 29.5. The van der Waals surface area contributed by atoms with Crippen LogP contribution in [0.25, 0.3) is 76.3 Å². The highest BCUT2D eigenvalue weighted by atomic mass is 79.9. The Morgan fingerprint density at radius 1 is 0.477 bits per heavy atom. The minimum atomic E-state index is 0.708. The average Bonchev–Trinajstić information content (AvgIpc) is 3.48. The van der Waals surface area contributed by atoms with E-state index in [1.165, 1.54) is 20.2 Å². The van der Waals surface area contributed by atoms with Gasteiger partial charge in [-0.05, 0) is 64.7 Å². The minimum Gasteiger partial charge on any atom is -0.265 e. The molecule has 0 fully saturated rings. The lowest BCUT2D eigenvalue weighted by Crippen LogP contribution is -1.96. The normalized spacial score (nSPS) is 11.3. The Balaban J connectivity index is 1.28. The molecule has 0 aliphatic carbocycles. The number of benzene rings is 5. The van der Waals surface area contributed by atoms with E-state index in [1.807, 2.05) is 54.1 Å². The predicted octanol–water partition coefficient (Wildman–Crippen LogP) is 11.3. The second-order valence-corrected chi connectivity index (χ2v) is 12.6. The molecule has 0 bridgehead atoms. The molecule has 5 heteroatoms. The second-order valence-electron chi connectivity index (χ2n) is 10.7. The molecule has 44 heavy (non-hydrogen) atoms. The molecule has 3 aromatic heterocycles. The van der Waals surface area contributed by atoms with Crippen LogP contribution < -0.4 is 0 Å². The third-order valence-corrected chi connectivity index (χ3v) is 9.54. The van der Waals surface area contributed by atoms with Gasteiger partial charge in [-0.25, -0.2) is 9.97 Å². The van der Waals surface area contributed by atoms with Crippen molar-refractivity contribution in [3.05, 3.63) is 150 Å². The average molecular weight is 647 g/mol. The van der Waals surface area contributed by atoms with E-state index in [0.717, 1.165) is 54.8 Å². The number of nitrogens with zero attached hydrogens (tertiary/aromatic N) is 3. The summed E-state index contributed by atoms with van der Waals surface area (Å²) < 4.78 is 3.51. The number of halogens is 1. The summed E-state index contributed by atoms with van der Waals surface area (Å²) in [6, 6.07) is 46.7. The number of rotatable bonds is 5. The zero-order valence-corrected chi connectivity index (χ0v) is 25.9. The van der Waals surface area contributed by atoms with Crippen LogP contribution in [0.1, 0.15) is 0 Å². The molecule has 8 aromatic rings. The van der Waals surface area contributed by atoms with Crippen LogP contribution in [-0.4, -0.2) is 15.0 Å². The molecular formula is C39H24BrN3S. The minimum absolute atomic E-state index is 0.708. The van der Waals surface area contributed by atoms with Crippen LogP contribution in [0.15, 0.2) is 150 Å². The molecule has 8 rings (SSSR count). The van der Waals surface area contributed by atoms with Gasteiger partial charge in [0.05, 0.1) is 11.4 Å². The molecule has 5 aromatic carbocycles. The molecular weight excluding hydrogens is 622 g/mol. The van der Waals surface area contributed by atoms with Gasteiger partial charge >= 0.3 is 0 Å². The number of pyridine rings is 1. The van der Waals surface area contributed by atoms with Crippen molar-refractivity contribution < 1.29 is 0 Å². The van der Waals surface area contributed by atoms with Crippen LogP contribution in [-0.2, 0) is 0 Å². The fourth-order valence-electron chi connectivity index (χ4n) is 5.70. The predicted molar refractivity (Wildman–Crippen MR) is 188 cm³/mol. The van der Waals surface area contributed by atoms with Crippen molar-refractivity contribution in [2.45, 2.75) is 0 Å². The fraction of sp³-hybridized carbons (Fsp3) is 0. The van der Waals surface area contributed by atoms with Gasteiger partial charge in [0.25, 0.3) is 0 Å². The Morgan fingerprint density at radius 3 is 1.95 bits per heavy atom. The van der Waals surface area contributed by atoms with Crippen molar-refractivity contribution in [1.82, 2.24) is 15.0 Å². The number of aromatic nitrogens is 3. The van der Waals surface area contributed by atoms with Gasteiger partial charge in [0.15, 0.2) is 5.82 Å². The number of hydrogen-bond acceptors (Lipinski definition) is 4. The summed E-state index contributed by atoms with van der Waals surface area (Å²) in [4.78, 5) is 14.4. The summed E-state index contributed by atoms with van der Waals surface area (Å²) in [6.07, 6.45) is 3.65. The lowest BCUT2D eigenvalue weighted by atomic mass is 9.98. The van der Waals surface area contributed by atoms with Gasteiger partial charge in [-0.15, -0.1) is 11.3 Å². The van der Waals surface area contributed by atoms with Crippen LogP contribution in [0.4, 0.5) is 0 Å². The molecule has 0 saturated carbocycles. The monoisotopic (exact) mass is 645 g/mol. The van der Waals surface area contributed by atoms with Gasteiger partial charge in [-0.2, -0.15) is 0 Å². The third-order valence-electron chi connectivity index (χ3n) is 7.86. The molecule has 0 unspecified atom stereocenters. The van der Waals surface area contributed by atoms with E-state index in [9.17, 15) is 0 Å². The first kappa shape index (κ1) is 26.6. The maximum Gasteiger partial charge on any atom is 0.160 e. The smallest absolute Gasteiger partial charge is 0.160 e. The van der Waals surface area contributed by atoms with Crippen molar-refractivity contribution in [2.24, 2.45) is 0 Å². The molecule has 0 aliphatic rings. The number of hydrogen-bond donors (Lipinski definition) is 0. The largest absolute Gasteiger partial charge is 0.265 e. The maximum atomic E-state index is 5.14.